The van der Waals surface area contributed by atoms with E-state index >= 15 is 0 Å². The van der Waals surface area contributed by atoms with Crippen LogP contribution < -0.4 is 5.73 Å². The van der Waals surface area contributed by atoms with Crippen molar-refractivity contribution in [2.24, 2.45) is 5.73 Å². The van der Waals surface area contributed by atoms with Gasteiger partial charge in [0.1, 0.15) is 0 Å². The van der Waals surface area contributed by atoms with Gasteiger partial charge >= 0.3 is 0 Å². The Morgan fingerprint density at radius 3 is 3.12 bits per heavy atom. The van der Waals surface area contributed by atoms with Crippen LogP contribution in [0, 0.1) is 0 Å². The zero-order chi connectivity index (χ0) is 12.1. The van der Waals surface area contributed by atoms with E-state index in [9.17, 15) is 4.79 Å². The van der Waals surface area contributed by atoms with Gasteiger partial charge in [-0.05, 0) is 30.9 Å². The Balaban J connectivity index is 2.15. The minimum Gasteiger partial charge on any atom is -0.336 e. The SMILES string of the molecule is NCCC(=O)N1CCCCC1c1cccnc1. The van der Waals surface area contributed by atoms with Crippen molar-refractivity contribution in [1.29, 1.82) is 0 Å². The van der Waals surface area contributed by atoms with Gasteiger partial charge in [-0.2, -0.15) is 0 Å². The molecule has 4 heteroatoms. The number of pyridine rings is 1. The van der Waals surface area contributed by atoms with Gasteiger partial charge in [-0.15, -0.1) is 0 Å². The molecule has 0 saturated carbocycles. The number of amides is 1. The van der Waals surface area contributed by atoms with Crippen molar-refractivity contribution in [3.63, 3.8) is 0 Å². The first kappa shape index (κ1) is 12.0. The third-order valence-corrected chi connectivity index (χ3v) is 3.25. The number of likely N-dealkylation sites (tertiary alicyclic amines) is 1. The van der Waals surface area contributed by atoms with E-state index in [0.717, 1.165) is 24.9 Å². The molecule has 1 saturated heterocycles. The summed E-state index contributed by atoms with van der Waals surface area (Å²) >= 11 is 0. The average molecular weight is 233 g/mol. The summed E-state index contributed by atoms with van der Waals surface area (Å²) in [5, 5.41) is 0. The van der Waals surface area contributed by atoms with E-state index in [1.807, 2.05) is 23.2 Å². The molecule has 1 unspecified atom stereocenters. The third kappa shape index (κ3) is 2.82. The second kappa shape index (κ2) is 5.77. The van der Waals surface area contributed by atoms with Gasteiger partial charge in [0.05, 0.1) is 6.04 Å². The van der Waals surface area contributed by atoms with E-state index in [2.05, 4.69) is 4.98 Å². The van der Waals surface area contributed by atoms with Crippen molar-refractivity contribution < 1.29 is 4.79 Å². The molecule has 0 aromatic carbocycles. The highest BCUT2D eigenvalue weighted by Gasteiger charge is 2.27. The lowest BCUT2D eigenvalue weighted by Gasteiger charge is -2.36. The Hall–Kier alpha value is -1.42. The van der Waals surface area contributed by atoms with Crippen LogP contribution in [0.15, 0.2) is 24.5 Å². The highest BCUT2D eigenvalue weighted by molar-refractivity contribution is 5.77. The lowest BCUT2D eigenvalue weighted by molar-refractivity contribution is -0.134. The summed E-state index contributed by atoms with van der Waals surface area (Å²) in [6.07, 6.45) is 7.36. The van der Waals surface area contributed by atoms with E-state index < -0.39 is 0 Å². The molecule has 1 atom stereocenters. The van der Waals surface area contributed by atoms with E-state index in [1.165, 1.54) is 6.42 Å². The van der Waals surface area contributed by atoms with Crippen molar-refractivity contribution in [3.05, 3.63) is 30.1 Å². The molecule has 1 aromatic heterocycles. The molecule has 0 spiro atoms. The Bertz CT molecular complexity index is 366. The standard InChI is InChI=1S/C13H19N3O/c14-7-6-13(17)16-9-2-1-5-12(16)11-4-3-8-15-10-11/h3-4,8,10,12H,1-2,5-7,9,14H2. The number of carbonyl (C=O) groups excluding carboxylic acids is 1. The number of carbonyl (C=O) groups is 1. The maximum Gasteiger partial charge on any atom is 0.224 e. The molecule has 2 rings (SSSR count). The Labute approximate surface area is 102 Å². The van der Waals surface area contributed by atoms with Crippen LogP contribution in [0.5, 0.6) is 0 Å². The van der Waals surface area contributed by atoms with E-state index in [4.69, 9.17) is 5.73 Å². The summed E-state index contributed by atoms with van der Waals surface area (Å²) in [7, 11) is 0. The van der Waals surface area contributed by atoms with Gasteiger partial charge in [0.2, 0.25) is 5.91 Å². The van der Waals surface area contributed by atoms with Crippen molar-refractivity contribution in [2.75, 3.05) is 13.1 Å². The second-order valence-electron chi connectivity index (χ2n) is 4.42. The highest BCUT2D eigenvalue weighted by atomic mass is 16.2. The van der Waals surface area contributed by atoms with Gasteiger partial charge in [-0.25, -0.2) is 0 Å². The lowest BCUT2D eigenvalue weighted by atomic mass is 9.96. The van der Waals surface area contributed by atoms with Gasteiger partial charge in [-0.3, -0.25) is 9.78 Å². The molecule has 2 heterocycles. The van der Waals surface area contributed by atoms with E-state index in [1.54, 1.807) is 6.20 Å². The molecular weight excluding hydrogens is 214 g/mol. The van der Waals surface area contributed by atoms with Gasteiger partial charge < -0.3 is 10.6 Å². The predicted molar refractivity (Wildman–Crippen MR) is 66.2 cm³/mol. The lowest BCUT2D eigenvalue weighted by Crippen LogP contribution is -2.39. The Morgan fingerprint density at radius 2 is 2.41 bits per heavy atom. The van der Waals surface area contributed by atoms with Crippen LogP contribution in [0.4, 0.5) is 0 Å². The number of rotatable bonds is 3. The molecule has 1 aliphatic heterocycles. The average Bonchev–Trinajstić information content (AvgIpc) is 2.40. The smallest absolute Gasteiger partial charge is 0.224 e. The summed E-state index contributed by atoms with van der Waals surface area (Å²) < 4.78 is 0. The van der Waals surface area contributed by atoms with Crippen LogP contribution in [-0.4, -0.2) is 28.9 Å². The monoisotopic (exact) mass is 233 g/mol. The molecular formula is C13H19N3O. The molecule has 4 nitrogen and oxygen atoms in total. The molecule has 2 N–H and O–H groups in total. The zero-order valence-electron chi connectivity index (χ0n) is 10.0. The molecule has 1 aromatic rings. The first-order chi connectivity index (χ1) is 8.33. The van der Waals surface area contributed by atoms with Crippen LogP contribution in [0.1, 0.15) is 37.3 Å². The first-order valence-electron chi connectivity index (χ1n) is 6.22. The van der Waals surface area contributed by atoms with Crippen LogP contribution in [-0.2, 0) is 4.79 Å². The first-order valence-corrected chi connectivity index (χ1v) is 6.22. The van der Waals surface area contributed by atoms with Gasteiger partial charge in [0.25, 0.3) is 0 Å². The molecule has 0 radical (unpaired) electrons. The number of aromatic nitrogens is 1. The quantitative estimate of drug-likeness (QED) is 0.860. The molecule has 1 aliphatic rings. The zero-order valence-corrected chi connectivity index (χ0v) is 10.0. The van der Waals surface area contributed by atoms with Crippen molar-refractivity contribution in [2.45, 2.75) is 31.7 Å². The number of nitrogens with two attached hydrogens (primary N) is 1. The fraction of sp³-hybridized carbons (Fsp3) is 0.538. The minimum atomic E-state index is 0.168. The largest absolute Gasteiger partial charge is 0.336 e. The topological polar surface area (TPSA) is 59.2 Å². The van der Waals surface area contributed by atoms with Gasteiger partial charge in [-0.1, -0.05) is 6.07 Å². The Morgan fingerprint density at radius 1 is 1.53 bits per heavy atom. The van der Waals surface area contributed by atoms with Gasteiger partial charge in [0.15, 0.2) is 0 Å². The number of nitrogens with zero attached hydrogens (tertiary/aromatic N) is 2. The number of hydrogen-bond acceptors (Lipinski definition) is 3. The maximum atomic E-state index is 12.0. The summed E-state index contributed by atoms with van der Waals surface area (Å²) in [6.45, 7) is 1.27. The predicted octanol–water partition coefficient (Wildman–Crippen LogP) is 1.48. The summed E-state index contributed by atoms with van der Waals surface area (Å²) in [5.41, 5.74) is 6.60. The fourth-order valence-corrected chi connectivity index (χ4v) is 2.42. The highest BCUT2D eigenvalue weighted by Crippen LogP contribution is 2.30. The van der Waals surface area contributed by atoms with E-state index in [0.29, 0.717) is 13.0 Å². The van der Waals surface area contributed by atoms with Crippen molar-refractivity contribution in [3.8, 4) is 0 Å². The van der Waals surface area contributed by atoms with Gasteiger partial charge in [0, 0.05) is 31.9 Å². The maximum absolute atomic E-state index is 12.0. The molecule has 0 bridgehead atoms. The van der Waals surface area contributed by atoms with Crippen LogP contribution in [0.3, 0.4) is 0 Å². The second-order valence-corrected chi connectivity index (χ2v) is 4.42. The minimum absolute atomic E-state index is 0.168. The van der Waals surface area contributed by atoms with Crippen LogP contribution in [0.25, 0.3) is 0 Å². The summed E-state index contributed by atoms with van der Waals surface area (Å²) in [5.74, 6) is 0.168. The van der Waals surface area contributed by atoms with Crippen LogP contribution >= 0.6 is 0 Å². The summed E-state index contributed by atoms with van der Waals surface area (Å²) in [6, 6.07) is 4.16. The third-order valence-electron chi connectivity index (χ3n) is 3.25. The molecule has 0 aliphatic carbocycles. The molecule has 1 amide bonds. The van der Waals surface area contributed by atoms with Crippen molar-refractivity contribution >= 4 is 5.91 Å². The molecule has 1 fully saturated rings. The van der Waals surface area contributed by atoms with Crippen LogP contribution in [0.2, 0.25) is 0 Å². The fourth-order valence-electron chi connectivity index (χ4n) is 2.42. The Kier molecular flexibility index (Phi) is 4.09. The molecule has 17 heavy (non-hydrogen) atoms. The normalized spacial score (nSPS) is 20.3. The van der Waals surface area contributed by atoms with Crippen molar-refractivity contribution in [1.82, 2.24) is 9.88 Å². The number of piperidine rings is 1. The number of hydrogen-bond donors (Lipinski definition) is 1. The molecule has 92 valence electrons. The van der Waals surface area contributed by atoms with E-state index in [-0.39, 0.29) is 11.9 Å². The summed E-state index contributed by atoms with van der Waals surface area (Å²) in [4.78, 5) is 18.1.